The number of nitrogens with zero attached hydrogens (tertiary/aromatic N) is 4. The van der Waals surface area contributed by atoms with Gasteiger partial charge >= 0.3 is 6.18 Å². The first-order valence-electron chi connectivity index (χ1n) is 8.66. The van der Waals surface area contributed by atoms with E-state index >= 15 is 0 Å². The molecular formula is C18H20F3N5O2. The SMILES string of the molecule is Cn1ccnc1[C@](O)(CC(=O)NCCCn1cnc2ccccc21)C(F)(F)F. The molecule has 2 aromatic heterocycles. The summed E-state index contributed by atoms with van der Waals surface area (Å²) in [6.45, 7) is 0.712. The molecule has 0 spiro atoms. The smallest absolute Gasteiger partial charge is 0.374 e. The molecule has 0 saturated heterocycles. The van der Waals surface area contributed by atoms with Crippen LogP contribution in [0.3, 0.4) is 0 Å². The van der Waals surface area contributed by atoms with E-state index in [-0.39, 0.29) is 6.54 Å². The van der Waals surface area contributed by atoms with Gasteiger partial charge < -0.3 is 19.6 Å². The molecule has 28 heavy (non-hydrogen) atoms. The number of imidazole rings is 2. The predicted molar refractivity (Wildman–Crippen MR) is 95.1 cm³/mol. The monoisotopic (exact) mass is 395 g/mol. The van der Waals surface area contributed by atoms with E-state index < -0.39 is 29.9 Å². The van der Waals surface area contributed by atoms with E-state index in [1.54, 1.807) is 6.33 Å². The van der Waals surface area contributed by atoms with Crippen molar-refractivity contribution >= 4 is 16.9 Å². The summed E-state index contributed by atoms with van der Waals surface area (Å²) in [5.74, 6) is -1.53. The summed E-state index contributed by atoms with van der Waals surface area (Å²) in [6, 6.07) is 7.56. The lowest BCUT2D eigenvalue weighted by molar-refractivity contribution is -0.271. The molecule has 0 bridgehead atoms. The molecule has 0 saturated carbocycles. The molecule has 2 N–H and O–H groups in total. The number of benzene rings is 1. The first-order valence-corrected chi connectivity index (χ1v) is 8.66. The number of hydrogen-bond acceptors (Lipinski definition) is 4. The third-order valence-electron chi connectivity index (χ3n) is 4.50. The highest BCUT2D eigenvalue weighted by Crippen LogP contribution is 2.40. The molecule has 0 fully saturated rings. The van der Waals surface area contributed by atoms with E-state index in [0.717, 1.165) is 21.8 Å². The number of carbonyl (C=O) groups excluding carboxylic acids is 1. The molecule has 3 aromatic rings. The average molecular weight is 395 g/mol. The molecule has 3 rings (SSSR count). The van der Waals surface area contributed by atoms with E-state index in [1.165, 1.54) is 13.2 Å². The summed E-state index contributed by atoms with van der Waals surface area (Å²) in [6.07, 6.45) is -1.61. The fourth-order valence-corrected chi connectivity index (χ4v) is 3.03. The number of carbonyl (C=O) groups is 1. The lowest BCUT2D eigenvalue weighted by Crippen LogP contribution is -2.48. The van der Waals surface area contributed by atoms with Crippen LogP contribution in [0.15, 0.2) is 43.0 Å². The van der Waals surface area contributed by atoms with Gasteiger partial charge in [0.2, 0.25) is 11.5 Å². The zero-order valence-electron chi connectivity index (χ0n) is 15.1. The van der Waals surface area contributed by atoms with Crippen LogP contribution in [0.1, 0.15) is 18.7 Å². The largest absolute Gasteiger partial charge is 0.425 e. The fraction of sp³-hybridized carbons (Fsp3) is 0.389. The number of amides is 1. The Balaban J connectivity index is 1.57. The van der Waals surface area contributed by atoms with Crippen molar-refractivity contribution in [1.29, 1.82) is 0 Å². The zero-order chi connectivity index (χ0) is 20.4. The van der Waals surface area contributed by atoms with Gasteiger partial charge in [0.1, 0.15) is 0 Å². The number of aryl methyl sites for hydroxylation is 2. The van der Waals surface area contributed by atoms with E-state index in [0.29, 0.717) is 13.0 Å². The quantitative estimate of drug-likeness (QED) is 0.600. The lowest BCUT2D eigenvalue weighted by atomic mass is 9.97. The Morgan fingerprint density at radius 3 is 2.68 bits per heavy atom. The summed E-state index contributed by atoms with van der Waals surface area (Å²) >= 11 is 0. The van der Waals surface area contributed by atoms with E-state index in [9.17, 15) is 23.1 Å². The molecule has 1 amide bonds. The second-order valence-corrected chi connectivity index (χ2v) is 6.53. The van der Waals surface area contributed by atoms with Crippen molar-refractivity contribution in [3.63, 3.8) is 0 Å². The summed E-state index contributed by atoms with van der Waals surface area (Å²) in [5, 5.41) is 12.6. The van der Waals surface area contributed by atoms with Gasteiger partial charge in [-0.1, -0.05) is 12.1 Å². The fourth-order valence-electron chi connectivity index (χ4n) is 3.03. The third-order valence-corrected chi connectivity index (χ3v) is 4.50. The topological polar surface area (TPSA) is 85.0 Å². The van der Waals surface area contributed by atoms with Crippen molar-refractivity contribution < 1.29 is 23.1 Å². The van der Waals surface area contributed by atoms with Gasteiger partial charge in [0.25, 0.3) is 0 Å². The van der Waals surface area contributed by atoms with Gasteiger partial charge in [-0.05, 0) is 18.6 Å². The van der Waals surface area contributed by atoms with Gasteiger partial charge in [-0.25, -0.2) is 9.97 Å². The van der Waals surface area contributed by atoms with Crippen LogP contribution in [-0.4, -0.2) is 42.8 Å². The molecule has 0 unspecified atom stereocenters. The van der Waals surface area contributed by atoms with Gasteiger partial charge in [0.05, 0.1) is 23.8 Å². The Bertz CT molecular complexity index is 965. The average Bonchev–Trinajstić information content (AvgIpc) is 3.24. The summed E-state index contributed by atoms with van der Waals surface area (Å²) in [7, 11) is 1.33. The first kappa shape index (κ1) is 19.9. The minimum atomic E-state index is -5.04. The maximum atomic E-state index is 13.4. The molecule has 150 valence electrons. The minimum Gasteiger partial charge on any atom is -0.374 e. The van der Waals surface area contributed by atoms with Gasteiger partial charge in [-0.3, -0.25) is 4.79 Å². The van der Waals surface area contributed by atoms with Crippen LogP contribution in [0.2, 0.25) is 0 Å². The van der Waals surface area contributed by atoms with Crippen LogP contribution < -0.4 is 5.32 Å². The number of para-hydroxylation sites is 2. The Kier molecular flexibility index (Phi) is 5.41. The zero-order valence-corrected chi connectivity index (χ0v) is 15.1. The summed E-state index contributed by atoms with van der Waals surface area (Å²) in [4.78, 5) is 19.9. The van der Waals surface area contributed by atoms with Crippen molar-refractivity contribution in [2.75, 3.05) is 6.54 Å². The van der Waals surface area contributed by atoms with Crippen LogP contribution in [0.4, 0.5) is 13.2 Å². The predicted octanol–water partition coefficient (Wildman–Crippen LogP) is 2.12. The normalized spacial score (nSPS) is 14.2. The molecule has 0 aliphatic rings. The Morgan fingerprint density at radius 1 is 1.25 bits per heavy atom. The highest BCUT2D eigenvalue weighted by atomic mass is 19.4. The highest BCUT2D eigenvalue weighted by Gasteiger charge is 2.58. The minimum absolute atomic E-state index is 0.167. The van der Waals surface area contributed by atoms with Crippen molar-refractivity contribution in [2.45, 2.75) is 31.2 Å². The Labute approximate surface area is 158 Å². The number of aromatic nitrogens is 4. The van der Waals surface area contributed by atoms with E-state index in [4.69, 9.17) is 0 Å². The molecule has 7 nitrogen and oxygen atoms in total. The second kappa shape index (κ2) is 7.63. The van der Waals surface area contributed by atoms with Crippen LogP contribution in [0.25, 0.3) is 11.0 Å². The molecule has 1 aromatic carbocycles. The van der Waals surface area contributed by atoms with Crippen LogP contribution in [0.5, 0.6) is 0 Å². The maximum Gasteiger partial charge on any atom is 0.425 e. The van der Waals surface area contributed by atoms with Crippen molar-refractivity contribution in [3.8, 4) is 0 Å². The van der Waals surface area contributed by atoms with Gasteiger partial charge in [-0.15, -0.1) is 0 Å². The van der Waals surface area contributed by atoms with E-state index in [2.05, 4.69) is 15.3 Å². The number of aliphatic hydroxyl groups is 1. The number of fused-ring (bicyclic) bond motifs is 1. The first-order chi connectivity index (χ1) is 13.2. The van der Waals surface area contributed by atoms with Crippen LogP contribution in [-0.2, 0) is 24.0 Å². The maximum absolute atomic E-state index is 13.4. The molecular weight excluding hydrogens is 375 g/mol. The van der Waals surface area contributed by atoms with Gasteiger partial charge in [-0.2, -0.15) is 13.2 Å². The number of hydrogen-bond donors (Lipinski definition) is 2. The summed E-state index contributed by atoms with van der Waals surface area (Å²) < 4.78 is 43.3. The molecule has 2 heterocycles. The van der Waals surface area contributed by atoms with Crippen LogP contribution in [0, 0.1) is 0 Å². The van der Waals surface area contributed by atoms with Crippen molar-refractivity contribution in [1.82, 2.24) is 24.4 Å². The molecule has 0 aliphatic heterocycles. The van der Waals surface area contributed by atoms with Crippen LogP contribution >= 0.6 is 0 Å². The molecule has 10 heteroatoms. The van der Waals surface area contributed by atoms with Gasteiger partial charge in [0, 0.05) is 32.5 Å². The standard InChI is InChI=1S/C18H20F3N5O2/c1-25-10-8-23-16(25)17(28,18(19,20)21)11-15(27)22-7-4-9-26-12-24-13-5-2-3-6-14(13)26/h2-3,5-6,8,10,12,28H,4,7,9,11H2,1H3,(H,22,27)/t17-/m1/s1. The Morgan fingerprint density at radius 2 is 2.00 bits per heavy atom. The lowest BCUT2D eigenvalue weighted by Gasteiger charge is -2.29. The number of halogens is 3. The number of rotatable bonds is 7. The van der Waals surface area contributed by atoms with Gasteiger partial charge in [0.15, 0.2) is 5.82 Å². The van der Waals surface area contributed by atoms with Crippen molar-refractivity contribution in [3.05, 3.63) is 48.8 Å². The number of nitrogens with one attached hydrogen (secondary N) is 1. The Hall–Kier alpha value is -2.88. The highest BCUT2D eigenvalue weighted by molar-refractivity contribution is 5.77. The molecule has 0 radical (unpaired) electrons. The number of alkyl halides is 3. The second-order valence-electron chi connectivity index (χ2n) is 6.53. The van der Waals surface area contributed by atoms with E-state index in [1.807, 2.05) is 28.8 Å². The molecule has 0 aliphatic carbocycles. The van der Waals surface area contributed by atoms with Crippen molar-refractivity contribution in [2.24, 2.45) is 7.05 Å². The third kappa shape index (κ3) is 3.86. The summed E-state index contributed by atoms with van der Waals surface area (Å²) in [5.41, 5.74) is -1.57. The molecule has 1 atom stereocenters.